The molecule has 2 aromatic rings. The van der Waals surface area contributed by atoms with Crippen LogP contribution >= 0.6 is 11.6 Å². The van der Waals surface area contributed by atoms with Crippen molar-refractivity contribution in [3.63, 3.8) is 0 Å². The summed E-state index contributed by atoms with van der Waals surface area (Å²) in [5.74, 6) is -0.397. The summed E-state index contributed by atoms with van der Waals surface area (Å²) in [5.41, 5.74) is 0.866. The molecule has 0 unspecified atom stereocenters. The molecule has 0 saturated carbocycles. The first kappa shape index (κ1) is 17.9. The van der Waals surface area contributed by atoms with Crippen LogP contribution in [0.5, 0.6) is 0 Å². The van der Waals surface area contributed by atoms with Crippen LogP contribution in [0.2, 0.25) is 5.02 Å². The Bertz CT molecular complexity index is 837. The van der Waals surface area contributed by atoms with Crippen molar-refractivity contribution in [2.45, 2.75) is 0 Å². The second-order valence-corrected chi connectivity index (χ2v) is 6.21. The van der Waals surface area contributed by atoms with Gasteiger partial charge in [-0.1, -0.05) is 17.7 Å². The Morgan fingerprint density at radius 3 is 2.54 bits per heavy atom. The molecule has 8 nitrogen and oxygen atoms in total. The Hall–Kier alpha value is -2.87. The summed E-state index contributed by atoms with van der Waals surface area (Å²) in [6, 6.07) is 8.79. The highest BCUT2D eigenvalue weighted by molar-refractivity contribution is 6.30. The van der Waals surface area contributed by atoms with E-state index in [1.807, 2.05) is 29.2 Å². The molecule has 136 valence electrons. The van der Waals surface area contributed by atoms with Gasteiger partial charge in [0, 0.05) is 49.2 Å². The van der Waals surface area contributed by atoms with Gasteiger partial charge in [-0.2, -0.15) is 0 Å². The minimum absolute atomic E-state index is 0.0560. The van der Waals surface area contributed by atoms with E-state index in [9.17, 15) is 14.9 Å². The molecule has 0 spiro atoms. The zero-order chi connectivity index (χ0) is 18.7. The summed E-state index contributed by atoms with van der Waals surface area (Å²) in [7, 11) is 1.22. The second kappa shape index (κ2) is 7.57. The van der Waals surface area contributed by atoms with Crippen molar-refractivity contribution in [2.24, 2.45) is 0 Å². The highest BCUT2D eigenvalue weighted by Gasteiger charge is 2.27. The number of carbonyl (C=O) groups is 1. The fraction of sp³-hybridized carbons (Fsp3) is 0.294. The lowest BCUT2D eigenvalue weighted by atomic mass is 10.2. The fourth-order valence-electron chi connectivity index (χ4n) is 2.90. The summed E-state index contributed by atoms with van der Waals surface area (Å²) < 4.78 is 4.60. The topological polar surface area (TPSA) is 88.8 Å². The molecule has 0 N–H and O–H groups in total. The van der Waals surface area contributed by atoms with Crippen LogP contribution in [0.25, 0.3) is 0 Å². The van der Waals surface area contributed by atoms with Crippen LogP contribution in [0.1, 0.15) is 10.4 Å². The highest BCUT2D eigenvalue weighted by atomic mass is 35.5. The number of piperazine rings is 1. The van der Waals surface area contributed by atoms with Crippen LogP contribution in [0.15, 0.2) is 36.5 Å². The zero-order valence-corrected chi connectivity index (χ0v) is 14.8. The molecule has 2 heterocycles. The molecule has 1 aromatic carbocycles. The maximum atomic E-state index is 11.6. The fourth-order valence-corrected chi connectivity index (χ4v) is 3.09. The average molecular weight is 377 g/mol. The minimum Gasteiger partial charge on any atom is -0.465 e. The van der Waals surface area contributed by atoms with Crippen molar-refractivity contribution < 1.29 is 14.5 Å². The molecule has 1 fully saturated rings. The van der Waals surface area contributed by atoms with E-state index in [1.165, 1.54) is 19.4 Å². The summed E-state index contributed by atoms with van der Waals surface area (Å²) in [6.45, 7) is 2.49. The number of carbonyl (C=O) groups excluding carboxylic acids is 1. The van der Waals surface area contributed by atoms with E-state index in [1.54, 1.807) is 0 Å². The monoisotopic (exact) mass is 376 g/mol. The number of hydrogen-bond acceptors (Lipinski definition) is 7. The van der Waals surface area contributed by atoms with E-state index in [0.717, 1.165) is 5.69 Å². The number of anilines is 2. The van der Waals surface area contributed by atoms with Gasteiger partial charge in [0.1, 0.15) is 0 Å². The molecule has 9 heteroatoms. The summed E-state index contributed by atoms with van der Waals surface area (Å²) in [4.78, 5) is 30.6. The van der Waals surface area contributed by atoms with Gasteiger partial charge < -0.3 is 14.5 Å². The van der Waals surface area contributed by atoms with Crippen LogP contribution in [-0.2, 0) is 4.74 Å². The van der Waals surface area contributed by atoms with Gasteiger partial charge in [-0.05, 0) is 18.2 Å². The lowest BCUT2D eigenvalue weighted by Gasteiger charge is -2.36. The highest BCUT2D eigenvalue weighted by Crippen LogP contribution is 2.29. The molecule has 1 aliphatic rings. The standard InChI is InChI=1S/C17H17ClN4O4/c1-26-17(23)12-9-15(22(24)25)16(19-11-12)21-7-5-20(6-8-21)14-4-2-3-13(18)10-14/h2-4,9-11H,5-8H2,1H3. The van der Waals surface area contributed by atoms with Crippen molar-refractivity contribution in [1.82, 2.24) is 4.98 Å². The number of benzene rings is 1. The van der Waals surface area contributed by atoms with Crippen molar-refractivity contribution >= 4 is 34.8 Å². The van der Waals surface area contributed by atoms with Gasteiger partial charge >= 0.3 is 11.7 Å². The summed E-state index contributed by atoms with van der Waals surface area (Å²) in [6.07, 6.45) is 1.30. The molecular formula is C17H17ClN4O4. The maximum absolute atomic E-state index is 11.6. The lowest BCUT2D eigenvalue weighted by molar-refractivity contribution is -0.384. The summed E-state index contributed by atoms with van der Waals surface area (Å²) in [5, 5.41) is 12.1. The molecule has 0 bridgehead atoms. The van der Waals surface area contributed by atoms with E-state index < -0.39 is 10.9 Å². The van der Waals surface area contributed by atoms with Gasteiger partial charge in [-0.25, -0.2) is 9.78 Å². The first-order valence-electron chi connectivity index (χ1n) is 7.98. The average Bonchev–Trinajstić information content (AvgIpc) is 2.67. The Morgan fingerprint density at radius 1 is 1.23 bits per heavy atom. The number of rotatable bonds is 4. The van der Waals surface area contributed by atoms with E-state index in [4.69, 9.17) is 11.6 Å². The molecule has 1 saturated heterocycles. The minimum atomic E-state index is -0.655. The van der Waals surface area contributed by atoms with E-state index in [2.05, 4.69) is 14.6 Å². The number of aromatic nitrogens is 1. The van der Waals surface area contributed by atoms with Crippen LogP contribution in [0, 0.1) is 10.1 Å². The van der Waals surface area contributed by atoms with Crippen LogP contribution in [-0.4, -0.2) is 49.2 Å². The van der Waals surface area contributed by atoms with Gasteiger partial charge in [-0.15, -0.1) is 0 Å². The number of methoxy groups -OCH3 is 1. The smallest absolute Gasteiger partial charge is 0.339 e. The molecule has 0 aliphatic carbocycles. The quantitative estimate of drug-likeness (QED) is 0.460. The third-order valence-corrected chi connectivity index (χ3v) is 4.45. The number of pyridine rings is 1. The van der Waals surface area contributed by atoms with Gasteiger partial charge in [0.2, 0.25) is 5.82 Å². The van der Waals surface area contributed by atoms with Crippen molar-refractivity contribution in [3.8, 4) is 0 Å². The Labute approximate surface area is 155 Å². The summed E-state index contributed by atoms with van der Waals surface area (Å²) >= 11 is 6.04. The third-order valence-electron chi connectivity index (χ3n) is 4.22. The zero-order valence-electron chi connectivity index (χ0n) is 14.1. The van der Waals surface area contributed by atoms with Crippen molar-refractivity contribution in [1.29, 1.82) is 0 Å². The molecule has 0 amide bonds. The Kier molecular flexibility index (Phi) is 5.22. The van der Waals surface area contributed by atoms with Crippen molar-refractivity contribution in [2.75, 3.05) is 43.1 Å². The largest absolute Gasteiger partial charge is 0.465 e. The number of nitro groups is 1. The van der Waals surface area contributed by atoms with Gasteiger partial charge in [-0.3, -0.25) is 10.1 Å². The molecule has 1 aliphatic heterocycles. The number of halogens is 1. The molecule has 1 aromatic heterocycles. The molecule has 3 rings (SSSR count). The normalized spacial score (nSPS) is 14.2. The van der Waals surface area contributed by atoms with Gasteiger partial charge in [0.25, 0.3) is 0 Å². The predicted molar refractivity (Wildman–Crippen MR) is 98.1 cm³/mol. The Balaban J connectivity index is 1.78. The van der Waals surface area contributed by atoms with E-state index in [-0.39, 0.29) is 17.1 Å². The Morgan fingerprint density at radius 2 is 1.92 bits per heavy atom. The van der Waals surface area contributed by atoms with E-state index >= 15 is 0 Å². The number of ether oxygens (including phenoxy) is 1. The van der Waals surface area contributed by atoms with Gasteiger partial charge in [0.15, 0.2) is 0 Å². The van der Waals surface area contributed by atoms with Crippen molar-refractivity contribution in [3.05, 3.63) is 57.2 Å². The number of esters is 1. The first-order chi connectivity index (χ1) is 12.5. The van der Waals surface area contributed by atoms with Crippen LogP contribution < -0.4 is 9.80 Å². The predicted octanol–water partition coefficient (Wildman–Crippen LogP) is 2.76. The molecule has 26 heavy (non-hydrogen) atoms. The lowest BCUT2D eigenvalue weighted by Crippen LogP contribution is -2.47. The first-order valence-corrected chi connectivity index (χ1v) is 8.35. The van der Waals surface area contributed by atoms with E-state index in [0.29, 0.717) is 31.2 Å². The van der Waals surface area contributed by atoms with Crippen LogP contribution in [0.3, 0.4) is 0 Å². The molecular weight excluding hydrogens is 360 g/mol. The third kappa shape index (κ3) is 3.70. The SMILES string of the molecule is COC(=O)c1cnc(N2CCN(c3cccc(Cl)c3)CC2)c([N+](=O)[O-])c1. The molecule has 0 atom stereocenters. The number of hydrogen-bond donors (Lipinski definition) is 0. The van der Waals surface area contributed by atoms with Crippen LogP contribution in [0.4, 0.5) is 17.2 Å². The van der Waals surface area contributed by atoms with Gasteiger partial charge in [0.05, 0.1) is 17.6 Å². The second-order valence-electron chi connectivity index (χ2n) is 5.77. The molecule has 0 radical (unpaired) electrons. The maximum Gasteiger partial charge on any atom is 0.339 e. The number of nitrogens with zero attached hydrogens (tertiary/aromatic N) is 4.